The molecule has 2 atom stereocenters. The lowest BCUT2D eigenvalue weighted by Crippen LogP contribution is -2.40. The number of hydrogen-bond donors (Lipinski definition) is 1. The highest BCUT2D eigenvalue weighted by Crippen LogP contribution is 2.30. The van der Waals surface area contributed by atoms with Crippen LogP contribution in [0.15, 0.2) is 66.7 Å². The molecule has 1 heterocycles. The van der Waals surface area contributed by atoms with Crippen molar-refractivity contribution in [3.8, 4) is 5.75 Å². The molecule has 5 heteroatoms. The van der Waals surface area contributed by atoms with Crippen molar-refractivity contribution in [2.45, 2.75) is 32.0 Å². The van der Waals surface area contributed by atoms with E-state index in [-0.39, 0.29) is 18.7 Å². The number of carbonyl (C=O) groups excluding carboxylic acids is 1. The lowest BCUT2D eigenvalue weighted by molar-refractivity contribution is -0.145. The molecule has 1 saturated heterocycles. The molecule has 1 fully saturated rings. The summed E-state index contributed by atoms with van der Waals surface area (Å²) < 4.78 is 16.8. The van der Waals surface area contributed by atoms with E-state index in [9.17, 15) is 4.79 Å². The molecule has 0 radical (unpaired) electrons. The van der Waals surface area contributed by atoms with E-state index in [1.165, 1.54) is 21.9 Å². The number of esters is 1. The van der Waals surface area contributed by atoms with Gasteiger partial charge in [-0.2, -0.15) is 0 Å². The van der Waals surface area contributed by atoms with Crippen LogP contribution < -0.4 is 10.1 Å². The Kier molecular flexibility index (Phi) is 7.18. The maximum Gasteiger partial charge on any atom is 0.344 e. The van der Waals surface area contributed by atoms with Crippen molar-refractivity contribution >= 4 is 16.7 Å². The molecular weight excluding hydrogens is 390 g/mol. The van der Waals surface area contributed by atoms with Gasteiger partial charge in [0, 0.05) is 12.5 Å². The Morgan fingerprint density at radius 2 is 1.84 bits per heavy atom. The minimum absolute atomic E-state index is 0.0714. The zero-order chi connectivity index (χ0) is 21.5. The minimum atomic E-state index is -0.355. The fraction of sp³-hybridized carbons (Fsp3) is 0.346. The lowest BCUT2D eigenvalue weighted by atomic mass is 9.87. The van der Waals surface area contributed by atoms with Gasteiger partial charge in [0.25, 0.3) is 0 Å². The first-order chi connectivity index (χ1) is 15.2. The average Bonchev–Trinajstić information content (AvgIpc) is 2.82. The van der Waals surface area contributed by atoms with Crippen LogP contribution in [0.5, 0.6) is 5.75 Å². The van der Waals surface area contributed by atoms with Crippen LogP contribution >= 0.6 is 0 Å². The van der Waals surface area contributed by atoms with Crippen molar-refractivity contribution in [3.05, 3.63) is 77.9 Å². The molecule has 0 amide bonds. The Morgan fingerprint density at radius 3 is 2.65 bits per heavy atom. The molecule has 0 spiro atoms. The van der Waals surface area contributed by atoms with E-state index in [1.807, 2.05) is 12.1 Å². The molecule has 3 aromatic carbocycles. The molecule has 1 aliphatic rings. The highest BCUT2D eigenvalue weighted by atomic mass is 16.6. The number of hydrogen-bond acceptors (Lipinski definition) is 5. The van der Waals surface area contributed by atoms with E-state index in [4.69, 9.17) is 14.2 Å². The van der Waals surface area contributed by atoms with Crippen LogP contribution in [0.2, 0.25) is 0 Å². The van der Waals surface area contributed by atoms with E-state index in [0.29, 0.717) is 24.9 Å². The second-order valence-electron chi connectivity index (χ2n) is 7.79. The van der Waals surface area contributed by atoms with E-state index >= 15 is 0 Å². The summed E-state index contributed by atoms with van der Waals surface area (Å²) in [6, 6.07) is 22.9. The van der Waals surface area contributed by atoms with Crippen molar-refractivity contribution in [1.29, 1.82) is 0 Å². The van der Waals surface area contributed by atoms with Crippen LogP contribution in [0.3, 0.4) is 0 Å². The van der Waals surface area contributed by atoms with E-state index in [0.717, 1.165) is 19.5 Å². The number of ether oxygens (including phenoxy) is 3. The summed E-state index contributed by atoms with van der Waals surface area (Å²) in [5.74, 6) is 0.632. The van der Waals surface area contributed by atoms with Crippen LogP contribution in [-0.2, 0) is 20.9 Å². The number of nitrogens with one attached hydrogen (secondary N) is 1. The molecule has 4 rings (SSSR count). The van der Waals surface area contributed by atoms with Crippen molar-refractivity contribution in [2.24, 2.45) is 0 Å². The Bertz CT molecular complexity index is 1000. The second kappa shape index (κ2) is 10.4. The third kappa shape index (κ3) is 5.63. The smallest absolute Gasteiger partial charge is 0.344 e. The first kappa shape index (κ1) is 21.3. The van der Waals surface area contributed by atoms with Gasteiger partial charge in [-0.1, -0.05) is 48.5 Å². The quantitative estimate of drug-likeness (QED) is 0.547. The Hall–Kier alpha value is -2.89. The van der Waals surface area contributed by atoms with Gasteiger partial charge in [0.05, 0.1) is 19.3 Å². The maximum absolute atomic E-state index is 11.5. The number of fused-ring (bicyclic) bond motifs is 1. The van der Waals surface area contributed by atoms with Crippen LogP contribution in [0.4, 0.5) is 0 Å². The van der Waals surface area contributed by atoms with Gasteiger partial charge in [-0.25, -0.2) is 4.79 Å². The number of rotatable bonds is 8. The zero-order valence-corrected chi connectivity index (χ0v) is 17.9. The van der Waals surface area contributed by atoms with Gasteiger partial charge < -0.3 is 19.5 Å². The molecule has 31 heavy (non-hydrogen) atoms. The SMILES string of the molecule is CCOC(=O)COc1ccc(C2CCNCC2OCc2ccc3ccccc3c2)cc1. The van der Waals surface area contributed by atoms with Crippen molar-refractivity contribution in [2.75, 3.05) is 26.3 Å². The van der Waals surface area contributed by atoms with Gasteiger partial charge in [0.2, 0.25) is 0 Å². The van der Waals surface area contributed by atoms with Gasteiger partial charge in [-0.05, 0) is 60.0 Å². The molecule has 162 valence electrons. The number of piperidine rings is 1. The second-order valence-corrected chi connectivity index (χ2v) is 7.79. The summed E-state index contributed by atoms with van der Waals surface area (Å²) in [4.78, 5) is 11.5. The Balaban J connectivity index is 1.38. The normalized spacial score (nSPS) is 18.6. The maximum atomic E-state index is 11.5. The molecule has 0 aromatic heterocycles. The summed E-state index contributed by atoms with van der Waals surface area (Å²) in [5, 5.41) is 5.94. The fourth-order valence-electron chi connectivity index (χ4n) is 4.07. The molecule has 0 saturated carbocycles. The molecular formula is C26H29NO4. The molecule has 1 N–H and O–H groups in total. The fourth-order valence-corrected chi connectivity index (χ4v) is 4.07. The zero-order valence-electron chi connectivity index (χ0n) is 17.9. The van der Waals surface area contributed by atoms with Gasteiger partial charge in [-0.15, -0.1) is 0 Å². The lowest BCUT2D eigenvalue weighted by Gasteiger charge is -2.32. The van der Waals surface area contributed by atoms with E-state index in [1.54, 1.807) is 6.92 Å². The molecule has 2 unspecified atom stereocenters. The minimum Gasteiger partial charge on any atom is -0.482 e. The van der Waals surface area contributed by atoms with Gasteiger partial charge in [0.15, 0.2) is 6.61 Å². The van der Waals surface area contributed by atoms with Crippen LogP contribution in [0.25, 0.3) is 10.8 Å². The first-order valence-corrected chi connectivity index (χ1v) is 10.9. The standard InChI is InChI=1S/C26H29NO4/c1-2-29-26(28)18-30-23-11-9-21(10-12-23)24-13-14-27-16-25(24)31-17-19-7-8-20-5-3-4-6-22(20)15-19/h3-12,15,24-25,27H,2,13-14,16-18H2,1H3. The summed E-state index contributed by atoms with van der Waals surface area (Å²) in [7, 11) is 0. The topological polar surface area (TPSA) is 56.8 Å². The van der Waals surface area contributed by atoms with Gasteiger partial charge in [-0.3, -0.25) is 0 Å². The van der Waals surface area contributed by atoms with Crippen molar-refractivity contribution < 1.29 is 19.0 Å². The predicted molar refractivity (Wildman–Crippen MR) is 121 cm³/mol. The third-order valence-electron chi connectivity index (χ3n) is 5.67. The summed E-state index contributed by atoms with van der Waals surface area (Å²) >= 11 is 0. The highest BCUT2D eigenvalue weighted by molar-refractivity contribution is 5.82. The van der Waals surface area contributed by atoms with E-state index < -0.39 is 0 Å². The van der Waals surface area contributed by atoms with Crippen LogP contribution in [-0.4, -0.2) is 38.4 Å². The number of carbonyl (C=O) groups is 1. The Labute approximate surface area is 183 Å². The van der Waals surface area contributed by atoms with E-state index in [2.05, 4.69) is 59.9 Å². The molecule has 3 aromatic rings. The van der Waals surface area contributed by atoms with Crippen LogP contribution in [0.1, 0.15) is 30.4 Å². The largest absolute Gasteiger partial charge is 0.482 e. The van der Waals surface area contributed by atoms with Gasteiger partial charge in [0.1, 0.15) is 5.75 Å². The summed E-state index contributed by atoms with van der Waals surface area (Å²) in [6.45, 7) is 4.47. The summed E-state index contributed by atoms with van der Waals surface area (Å²) in [6.07, 6.45) is 1.12. The molecule has 5 nitrogen and oxygen atoms in total. The third-order valence-corrected chi connectivity index (χ3v) is 5.67. The highest BCUT2D eigenvalue weighted by Gasteiger charge is 2.27. The van der Waals surface area contributed by atoms with Crippen molar-refractivity contribution in [3.63, 3.8) is 0 Å². The molecule has 1 aliphatic heterocycles. The predicted octanol–water partition coefficient (Wildman–Crippen LogP) is 4.44. The number of benzene rings is 3. The van der Waals surface area contributed by atoms with Crippen molar-refractivity contribution in [1.82, 2.24) is 5.32 Å². The van der Waals surface area contributed by atoms with Crippen LogP contribution in [0, 0.1) is 0 Å². The molecule has 0 bridgehead atoms. The Morgan fingerprint density at radius 1 is 1.03 bits per heavy atom. The monoisotopic (exact) mass is 419 g/mol. The summed E-state index contributed by atoms with van der Waals surface area (Å²) in [5.41, 5.74) is 2.42. The first-order valence-electron chi connectivity index (χ1n) is 10.9. The average molecular weight is 420 g/mol. The molecule has 0 aliphatic carbocycles. The van der Waals surface area contributed by atoms with Gasteiger partial charge >= 0.3 is 5.97 Å².